The zero-order chi connectivity index (χ0) is 21.5. The number of carbonyl (C=O) groups is 2. The lowest BCUT2D eigenvalue weighted by molar-refractivity contribution is -0.143. The van der Waals surface area contributed by atoms with Gasteiger partial charge >= 0.3 is 5.69 Å². The molecule has 0 atom stereocenters. The van der Waals surface area contributed by atoms with Crippen molar-refractivity contribution < 1.29 is 9.59 Å². The number of aromatic nitrogens is 2. The summed E-state index contributed by atoms with van der Waals surface area (Å²) in [5.41, 5.74) is 2.96. The molecule has 0 spiro atoms. The molecule has 3 aliphatic rings. The van der Waals surface area contributed by atoms with Crippen LogP contribution in [0.1, 0.15) is 44.1 Å². The Bertz CT molecular complexity index is 1030. The number of fused-ring (bicyclic) bond motifs is 1. The van der Waals surface area contributed by atoms with Crippen molar-refractivity contribution in [2.45, 2.75) is 52.0 Å². The van der Waals surface area contributed by atoms with E-state index in [9.17, 15) is 14.4 Å². The SMILES string of the molecule is Cc1ccc2[nH]c(=O)n(C[C@H]3CC[C@H](C(=O)N4CCN(C(=O)C5CC5)CC4)CC3)c2c1. The third kappa shape index (κ3) is 4.14. The standard InChI is InChI=1S/C24H32N4O3/c1-16-2-9-20-21(14-16)28(24(31)25-20)15-17-3-5-18(6-4-17)22(29)26-10-12-27(13-11-26)23(30)19-7-8-19/h2,9,14,17-19H,3-8,10-13,15H2,1H3,(H,25,31)/t17-,18-. The van der Waals surface area contributed by atoms with Crippen LogP contribution in [0.3, 0.4) is 0 Å². The van der Waals surface area contributed by atoms with Gasteiger partial charge in [0.25, 0.3) is 0 Å². The fourth-order valence-corrected chi connectivity index (χ4v) is 5.29. The van der Waals surface area contributed by atoms with Crippen LogP contribution < -0.4 is 5.69 Å². The van der Waals surface area contributed by atoms with Crippen LogP contribution in [0.2, 0.25) is 0 Å². The summed E-state index contributed by atoms with van der Waals surface area (Å²) in [7, 11) is 0. The Kier molecular flexibility index (Phi) is 5.36. The number of nitrogens with zero attached hydrogens (tertiary/aromatic N) is 3. The second kappa shape index (κ2) is 8.17. The van der Waals surface area contributed by atoms with Crippen LogP contribution in [0.4, 0.5) is 0 Å². The zero-order valence-corrected chi connectivity index (χ0v) is 18.3. The lowest BCUT2D eigenvalue weighted by atomic mass is 9.81. The fourth-order valence-electron chi connectivity index (χ4n) is 5.29. The highest BCUT2D eigenvalue weighted by atomic mass is 16.2. The van der Waals surface area contributed by atoms with E-state index in [-0.39, 0.29) is 29.3 Å². The molecule has 1 aromatic heterocycles. The first-order valence-electron chi connectivity index (χ1n) is 11.8. The minimum absolute atomic E-state index is 0.0441. The Labute approximate surface area is 182 Å². The average Bonchev–Trinajstić information content (AvgIpc) is 3.59. The summed E-state index contributed by atoms with van der Waals surface area (Å²) in [6.07, 6.45) is 5.79. The van der Waals surface area contributed by atoms with Crippen LogP contribution in [0, 0.1) is 24.7 Å². The molecule has 5 rings (SSSR count). The smallest absolute Gasteiger partial charge is 0.326 e. The number of imidazole rings is 1. The van der Waals surface area contributed by atoms with Crippen molar-refractivity contribution in [2.24, 2.45) is 17.8 Å². The van der Waals surface area contributed by atoms with Gasteiger partial charge in [0, 0.05) is 44.6 Å². The number of aromatic amines is 1. The van der Waals surface area contributed by atoms with Crippen molar-refractivity contribution in [3.8, 4) is 0 Å². The van der Waals surface area contributed by atoms with Crippen LogP contribution in [0.25, 0.3) is 11.0 Å². The number of rotatable bonds is 4. The van der Waals surface area contributed by atoms with Crippen molar-refractivity contribution in [1.29, 1.82) is 0 Å². The number of piperazine rings is 1. The monoisotopic (exact) mass is 424 g/mol. The van der Waals surface area contributed by atoms with Gasteiger partial charge in [-0.2, -0.15) is 0 Å². The number of carbonyl (C=O) groups excluding carboxylic acids is 2. The summed E-state index contributed by atoms with van der Waals surface area (Å²) < 4.78 is 1.87. The van der Waals surface area contributed by atoms with E-state index in [2.05, 4.69) is 11.1 Å². The molecule has 7 nitrogen and oxygen atoms in total. The maximum Gasteiger partial charge on any atom is 0.326 e. The molecule has 2 aromatic rings. The summed E-state index contributed by atoms with van der Waals surface area (Å²) >= 11 is 0. The number of amides is 2. The number of hydrogen-bond donors (Lipinski definition) is 1. The summed E-state index contributed by atoms with van der Waals surface area (Å²) in [6, 6.07) is 6.05. The van der Waals surface area contributed by atoms with Crippen molar-refractivity contribution >= 4 is 22.8 Å². The quantitative estimate of drug-likeness (QED) is 0.819. The molecule has 2 amide bonds. The molecule has 0 bridgehead atoms. The highest BCUT2D eigenvalue weighted by molar-refractivity contribution is 5.82. The Morgan fingerprint density at radius 2 is 1.45 bits per heavy atom. The van der Waals surface area contributed by atoms with Gasteiger partial charge < -0.3 is 14.8 Å². The number of aryl methyl sites for hydroxylation is 1. The number of benzene rings is 1. The Hall–Kier alpha value is -2.57. The van der Waals surface area contributed by atoms with E-state index in [1.165, 1.54) is 0 Å². The van der Waals surface area contributed by atoms with E-state index in [1.54, 1.807) is 0 Å². The number of hydrogen-bond acceptors (Lipinski definition) is 3. The second-order valence-electron chi connectivity index (χ2n) is 9.70. The molecular weight excluding hydrogens is 392 g/mol. The van der Waals surface area contributed by atoms with Gasteiger partial charge in [-0.3, -0.25) is 14.2 Å². The fraction of sp³-hybridized carbons (Fsp3) is 0.625. The van der Waals surface area contributed by atoms with Gasteiger partial charge in [-0.05, 0) is 69.1 Å². The highest BCUT2D eigenvalue weighted by Gasteiger charge is 2.36. The number of nitrogens with one attached hydrogen (secondary N) is 1. The summed E-state index contributed by atoms with van der Waals surface area (Å²) in [4.78, 5) is 44.6. The topological polar surface area (TPSA) is 78.4 Å². The lowest BCUT2D eigenvalue weighted by Gasteiger charge is -2.38. The van der Waals surface area contributed by atoms with Gasteiger partial charge in [0.15, 0.2) is 0 Å². The maximum absolute atomic E-state index is 13.0. The molecule has 0 unspecified atom stereocenters. The van der Waals surface area contributed by atoms with Crippen LogP contribution in [-0.2, 0) is 16.1 Å². The zero-order valence-electron chi connectivity index (χ0n) is 18.3. The first kappa shape index (κ1) is 20.3. The summed E-state index contributed by atoms with van der Waals surface area (Å²) in [6.45, 7) is 5.45. The summed E-state index contributed by atoms with van der Waals surface area (Å²) in [5.74, 6) is 1.32. The van der Waals surface area contributed by atoms with E-state index < -0.39 is 0 Å². The van der Waals surface area contributed by atoms with Crippen LogP contribution in [-0.4, -0.2) is 57.3 Å². The third-order valence-electron chi connectivity index (χ3n) is 7.40. The molecule has 2 heterocycles. The first-order valence-corrected chi connectivity index (χ1v) is 11.8. The lowest BCUT2D eigenvalue weighted by Crippen LogP contribution is -2.52. The van der Waals surface area contributed by atoms with Crippen molar-refractivity contribution in [3.63, 3.8) is 0 Å². The molecule has 166 valence electrons. The van der Waals surface area contributed by atoms with Gasteiger partial charge in [0.05, 0.1) is 11.0 Å². The molecule has 1 aliphatic heterocycles. The van der Waals surface area contributed by atoms with Crippen LogP contribution in [0.15, 0.2) is 23.0 Å². The molecule has 2 saturated carbocycles. The normalized spacial score (nSPS) is 24.5. The molecule has 7 heteroatoms. The van der Waals surface area contributed by atoms with Crippen molar-refractivity contribution in [3.05, 3.63) is 34.2 Å². The predicted molar refractivity (Wildman–Crippen MR) is 119 cm³/mol. The largest absolute Gasteiger partial charge is 0.339 e. The van der Waals surface area contributed by atoms with Gasteiger partial charge in [-0.15, -0.1) is 0 Å². The Morgan fingerprint density at radius 1 is 0.903 bits per heavy atom. The predicted octanol–water partition coefficient (Wildman–Crippen LogP) is 2.53. The van der Waals surface area contributed by atoms with Crippen LogP contribution >= 0.6 is 0 Å². The average molecular weight is 425 g/mol. The molecule has 1 N–H and O–H groups in total. The van der Waals surface area contributed by atoms with Gasteiger partial charge in [0.2, 0.25) is 11.8 Å². The van der Waals surface area contributed by atoms with E-state index in [1.807, 2.05) is 33.4 Å². The minimum Gasteiger partial charge on any atom is -0.339 e. The molecule has 1 aromatic carbocycles. The van der Waals surface area contributed by atoms with Gasteiger partial charge in [-0.25, -0.2) is 4.79 Å². The van der Waals surface area contributed by atoms with Crippen molar-refractivity contribution in [2.75, 3.05) is 26.2 Å². The Balaban J connectivity index is 1.14. The molecule has 0 radical (unpaired) electrons. The Morgan fingerprint density at radius 3 is 2.00 bits per heavy atom. The third-order valence-corrected chi connectivity index (χ3v) is 7.40. The van der Waals surface area contributed by atoms with Crippen LogP contribution in [0.5, 0.6) is 0 Å². The first-order chi connectivity index (χ1) is 15.0. The van der Waals surface area contributed by atoms with Crippen molar-refractivity contribution in [1.82, 2.24) is 19.4 Å². The van der Waals surface area contributed by atoms with Gasteiger partial charge in [0.1, 0.15) is 0 Å². The second-order valence-corrected chi connectivity index (χ2v) is 9.70. The number of H-pyrrole nitrogens is 1. The molecule has 31 heavy (non-hydrogen) atoms. The molecular formula is C24H32N4O3. The van der Waals surface area contributed by atoms with E-state index in [0.29, 0.717) is 38.6 Å². The van der Waals surface area contributed by atoms with E-state index in [0.717, 1.165) is 55.1 Å². The van der Waals surface area contributed by atoms with E-state index in [4.69, 9.17) is 0 Å². The van der Waals surface area contributed by atoms with E-state index >= 15 is 0 Å². The maximum atomic E-state index is 13.0. The molecule has 1 saturated heterocycles. The molecule has 3 fully saturated rings. The minimum atomic E-state index is -0.0441. The highest BCUT2D eigenvalue weighted by Crippen LogP contribution is 2.33. The van der Waals surface area contributed by atoms with Gasteiger partial charge in [-0.1, -0.05) is 6.07 Å². The summed E-state index contributed by atoms with van der Waals surface area (Å²) in [5, 5.41) is 0. The molecule has 2 aliphatic carbocycles.